The largest absolute Gasteiger partial charge is 0.507 e. The number of carbonyl (C=O) groups is 1. The number of allylic oxidation sites excluding steroid dienone is 5. The number of aliphatic imine (C=N–C) groups is 1. The highest BCUT2D eigenvalue weighted by Crippen LogP contribution is 2.20. The first-order valence-corrected chi connectivity index (χ1v) is 10.8. The van der Waals surface area contributed by atoms with Gasteiger partial charge in [0.05, 0.1) is 7.11 Å². The molecule has 31 heavy (non-hydrogen) atoms. The van der Waals surface area contributed by atoms with Crippen molar-refractivity contribution in [1.82, 2.24) is 0 Å². The van der Waals surface area contributed by atoms with Gasteiger partial charge in [-0.3, -0.25) is 4.79 Å². The number of rotatable bonds is 12. The number of methoxy groups -OCH3 is 1. The molecule has 0 bridgehead atoms. The molecule has 0 amide bonds. The molecule has 1 rings (SSSR count). The Kier molecular flexibility index (Phi) is 12.0. The van der Waals surface area contributed by atoms with E-state index in [1.165, 1.54) is 18.1 Å². The Labute approximate surface area is 185 Å². The molecule has 6 nitrogen and oxygen atoms in total. The fourth-order valence-corrected chi connectivity index (χ4v) is 2.82. The zero-order chi connectivity index (χ0) is 23.2. The van der Waals surface area contributed by atoms with Gasteiger partial charge < -0.3 is 14.3 Å². The predicted molar refractivity (Wildman–Crippen MR) is 125 cm³/mol. The maximum Gasteiger partial charge on any atom is 0.351 e. The van der Waals surface area contributed by atoms with Crippen LogP contribution in [-0.4, -0.2) is 23.9 Å². The molecule has 6 heteroatoms. The zero-order valence-corrected chi connectivity index (χ0v) is 19.4. The van der Waals surface area contributed by atoms with Crippen LogP contribution in [0.3, 0.4) is 0 Å². The summed E-state index contributed by atoms with van der Waals surface area (Å²) in [4.78, 5) is 29.0. The fraction of sp³-hybridized carbons (Fsp3) is 0.480. The summed E-state index contributed by atoms with van der Waals surface area (Å²) in [6.07, 6.45) is 13.4. The van der Waals surface area contributed by atoms with Gasteiger partial charge >= 0.3 is 5.63 Å². The van der Waals surface area contributed by atoms with E-state index in [1.807, 2.05) is 19.1 Å². The van der Waals surface area contributed by atoms with Gasteiger partial charge in [-0.05, 0) is 45.1 Å². The van der Waals surface area contributed by atoms with Crippen LogP contribution < -0.4 is 5.63 Å². The summed E-state index contributed by atoms with van der Waals surface area (Å²) in [6.45, 7) is 7.56. The third kappa shape index (κ3) is 9.64. The van der Waals surface area contributed by atoms with Crippen LogP contribution in [0.1, 0.15) is 82.3 Å². The van der Waals surface area contributed by atoms with Gasteiger partial charge in [0, 0.05) is 25.6 Å². The van der Waals surface area contributed by atoms with Crippen molar-refractivity contribution in [2.24, 2.45) is 4.99 Å². The van der Waals surface area contributed by atoms with E-state index in [1.54, 1.807) is 33.2 Å². The molecule has 1 N–H and O–H groups in total. The number of carbonyl (C=O) groups excluding carboxylic acids is 1. The lowest BCUT2D eigenvalue weighted by Crippen LogP contribution is -2.16. The molecule has 1 heterocycles. The summed E-state index contributed by atoms with van der Waals surface area (Å²) in [6, 6.07) is 1.35. The summed E-state index contributed by atoms with van der Waals surface area (Å²) in [5.74, 6) is 0.0458. The van der Waals surface area contributed by atoms with Crippen LogP contribution in [0.5, 0.6) is 5.75 Å². The smallest absolute Gasteiger partial charge is 0.351 e. The topological polar surface area (TPSA) is 89.1 Å². The summed E-state index contributed by atoms with van der Waals surface area (Å²) in [7, 11) is 1.55. The highest BCUT2D eigenvalue weighted by molar-refractivity contribution is 6.09. The fourth-order valence-electron chi connectivity index (χ4n) is 2.82. The standard InChI is InChI=1S/C25H35NO5/c1-6-7-9-12-18(2)14-15-19(3)24(28)23-22(27)17-21(31-25(23)29)13-10-8-11-16-26-20(4)30-5/h11,14-17,27H,6-10,12-13H2,1-5H3. The lowest BCUT2D eigenvalue weighted by molar-refractivity contribution is 0.102. The van der Waals surface area contributed by atoms with Crippen LogP contribution >= 0.6 is 0 Å². The predicted octanol–water partition coefficient (Wildman–Crippen LogP) is 5.90. The minimum absolute atomic E-state index is 0.321. The molecule has 1 aromatic rings. The molecule has 0 aliphatic carbocycles. The van der Waals surface area contributed by atoms with E-state index >= 15 is 0 Å². The minimum atomic E-state index is -0.813. The van der Waals surface area contributed by atoms with Crippen LogP contribution in [0.25, 0.3) is 0 Å². The van der Waals surface area contributed by atoms with Crippen LogP contribution in [0, 0.1) is 0 Å². The highest BCUT2D eigenvalue weighted by atomic mass is 16.5. The molecule has 1 aromatic heterocycles. The Hall–Kier alpha value is -2.89. The Balaban J connectivity index is 2.78. The molecule has 0 aromatic carbocycles. The number of ether oxygens (including phenoxy) is 1. The second kappa shape index (κ2) is 14.2. The second-order valence-electron chi connectivity index (χ2n) is 7.54. The molecule has 170 valence electrons. The van der Waals surface area contributed by atoms with E-state index in [0.29, 0.717) is 30.1 Å². The van der Waals surface area contributed by atoms with Crippen LogP contribution in [0.4, 0.5) is 0 Å². The summed E-state index contributed by atoms with van der Waals surface area (Å²) < 4.78 is 10.2. The van der Waals surface area contributed by atoms with Crippen molar-refractivity contribution in [3.05, 3.63) is 63.4 Å². The molecule has 0 aliphatic heterocycles. The van der Waals surface area contributed by atoms with E-state index < -0.39 is 11.4 Å². The number of aromatic hydroxyl groups is 1. The molecule has 0 atom stereocenters. The van der Waals surface area contributed by atoms with E-state index in [0.717, 1.165) is 25.7 Å². The Morgan fingerprint density at radius 2 is 1.94 bits per heavy atom. The Bertz CT molecular complexity index is 903. The number of unbranched alkanes of at least 4 members (excludes halogenated alkanes) is 3. The van der Waals surface area contributed by atoms with E-state index in [-0.39, 0.29) is 11.3 Å². The number of aryl methyl sites for hydroxylation is 1. The zero-order valence-electron chi connectivity index (χ0n) is 19.4. The van der Waals surface area contributed by atoms with Gasteiger partial charge in [0.25, 0.3) is 0 Å². The highest BCUT2D eigenvalue weighted by Gasteiger charge is 2.20. The lowest BCUT2D eigenvalue weighted by Gasteiger charge is -2.05. The summed E-state index contributed by atoms with van der Waals surface area (Å²) in [5, 5.41) is 10.3. The van der Waals surface area contributed by atoms with Gasteiger partial charge in [-0.1, -0.05) is 43.6 Å². The van der Waals surface area contributed by atoms with Gasteiger partial charge in [0.1, 0.15) is 17.1 Å². The van der Waals surface area contributed by atoms with E-state index in [9.17, 15) is 14.7 Å². The number of hydrogen-bond acceptors (Lipinski definition) is 6. The van der Waals surface area contributed by atoms with Crippen LogP contribution in [0.15, 0.2) is 55.8 Å². The van der Waals surface area contributed by atoms with Crippen molar-refractivity contribution >= 4 is 11.7 Å². The first-order valence-electron chi connectivity index (χ1n) is 10.8. The third-order valence-electron chi connectivity index (χ3n) is 4.81. The average molecular weight is 430 g/mol. The van der Waals surface area contributed by atoms with Crippen LogP contribution in [0.2, 0.25) is 0 Å². The first kappa shape index (κ1) is 26.1. The monoisotopic (exact) mass is 429 g/mol. The molecular weight excluding hydrogens is 394 g/mol. The Morgan fingerprint density at radius 3 is 2.58 bits per heavy atom. The molecule has 0 aliphatic rings. The van der Waals surface area contributed by atoms with Crippen molar-refractivity contribution in [2.45, 2.75) is 72.6 Å². The van der Waals surface area contributed by atoms with Crippen molar-refractivity contribution in [3.8, 4) is 5.75 Å². The molecule has 0 fully saturated rings. The summed E-state index contributed by atoms with van der Waals surface area (Å²) >= 11 is 0. The molecule has 0 unspecified atom stereocenters. The number of ketones is 1. The maximum absolute atomic E-state index is 12.6. The van der Waals surface area contributed by atoms with Crippen molar-refractivity contribution in [3.63, 3.8) is 0 Å². The number of hydrogen-bond donors (Lipinski definition) is 1. The van der Waals surface area contributed by atoms with Gasteiger partial charge in [0.15, 0.2) is 11.7 Å². The lowest BCUT2D eigenvalue weighted by atomic mass is 10.0. The van der Waals surface area contributed by atoms with Crippen molar-refractivity contribution in [1.29, 1.82) is 0 Å². The first-order chi connectivity index (χ1) is 14.8. The number of nitrogens with zero attached hydrogens (tertiary/aromatic N) is 1. The molecule has 0 spiro atoms. The Morgan fingerprint density at radius 1 is 1.19 bits per heavy atom. The van der Waals surface area contributed by atoms with Gasteiger partial charge in [-0.25, -0.2) is 9.79 Å². The van der Waals surface area contributed by atoms with Crippen molar-refractivity contribution in [2.75, 3.05) is 7.11 Å². The van der Waals surface area contributed by atoms with E-state index in [4.69, 9.17) is 9.15 Å². The molecule has 0 radical (unpaired) electrons. The van der Waals surface area contributed by atoms with Gasteiger partial charge in [-0.15, -0.1) is 0 Å². The quantitative estimate of drug-likeness (QED) is 0.112. The summed E-state index contributed by atoms with van der Waals surface area (Å²) in [5.41, 5.74) is 0.414. The normalized spacial score (nSPS) is 13.1. The molecule has 0 saturated heterocycles. The van der Waals surface area contributed by atoms with E-state index in [2.05, 4.69) is 11.9 Å². The number of Topliss-reactive ketones (excluding diaryl/α,β-unsaturated/α-hetero) is 1. The second-order valence-corrected chi connectivity index (χ2v) is 7.54. The van der Waals surface area contributed by atoms with Gasteiger partial charge in [0.2, 0.25) is 0 Å². The maximum atomic E-state index is 12.6. The molecular formula is C25H35NO5. The third-order valence-corrected chi connectivity index (χ3v) is 4.81. The molecule has 0 saturated carbocycles. The minimum Gasteiger partial charge on any atom is -0.507 e. The van der Waals surface area contributed by atoms with Gasteiger partial charge in [-0.2, -0.15) is 0 Å². The SMILES string of the molecule is CCCCCC(C)=CC=C(C)C(=O)c1c(O)cc(CCCC=CN=C(C)OC)oc1=O. The van der Waals surface area contributed by atoms with Crippen LogP contribution in [-0.2, 0) is 11.2 Å². The average Bonchev–Trinajstić information content (AvgIpc) is 2.73. The van der Waals surface area contributed by atoms with Crippen molar-refractivity contribution < 1.29 is 19.1 Å².